The highest BCUT2D eigenvalue weighted by Gasteiger charge is 2.14. The van der Waals surface area contributed by atoms with Crippen molar-refractivity contribution in [2.24, 2.45) is 5.92 Å². The van der Waals surface area contributed by atoms with E-state index in [0.29, 0.717) is 18.1 Å². The molecule has 84 valence electrons. The molecular weight excluding hydrogens is 194 g/mol. The predicted octanol–water partition coefficient (Wildman–Crippen LogP) is 2.59. The van der Waals surface area contributed by atoms with Gasteiger partial charge in [0.05, 0.1) is 0 Å². The Hall–Kier alpha value is -0.180. The molecule has 0 saturated carbocycles. The van der Waals surface area contributed by atoms with Gasteiger partial charge in [0.1, 0.15) is 0 Å². The number of carbonyl (C=O) groups is 1. The Bertz CT molecular complexity index is 157. The first kappa shape index (κ1) is 13.8. The topological polar surface area (TPSA) is 20.3 Å². The van der Waals surface area contributed by atoms with Crippen LogP contribution in [0.5, 0.6) is 0 Å². The smallest absolute Gasteiger partial charge is 0.223 e. The third-order valence-corrected chi connectivity index (χ3v) is 2.92. The third-order valence-electron chi connectivity index (χ3n) is 2.69. The summed E-state index contributed by atoms with van der Waals surface area (Å²) in [5.74, 6) is 1.55. The maximum Gasteiger partial charge on any atom is 0.223 e. The van der Waals surface area contributed by atoms with Crippen LogP contribution < -0.4 is 0 Å². The molecular formula is C11H23NOS. The summed E-state index contributed by atoms with van der Waals surface area (Å²) in [6, 6.07) is 0. The van der Waals surface area contributed by atoms with Gasteiger partial charge in [0.2, 0.25) is 5.91 Å². The van der Waals surface area contributed by atoms with Gasteiger partial charge in [-0.2, -0.15) is 12.6 Å². The van der Waals surface area contributed by atoms with E-state index in [1.165, 1.54) is 0 Å². The van der Waals surface area contributed by atoms with Crippen LogP contribution in [-0.4, -0.2) is 29.6 Å². The molecule has 0 aliphatic carbocycles. The molecule has 0 heterocycles. The van der Waals surface area contributed by atoms with E-state index in [4.69, 9.17) is 0 Å². The highest BCUT2D eigenvalue weighted by Crippen LogP contribution is 2.10. The Balaban J connectivity index is 4.05. The van der Waals surface area contributed by atoms with Gasteiger partial charge >= 0.3 is 0 Å². The zero-order chi connectivity index (χ0) is 11.0. The van der Waals surface area contributed by atoms with Crippen LogP contribution in [0.3, 0.4) is 0 Å². The van der Waals surface area contributed by atoms with Crippen molar-refractivity contribution in [3.8, 4) is 0 Å². The number of thiol groups is 1. The SMILES string of the molecule is CCC(CC)CN(CC)C(=O)CCS. The van der Waals surface area contributed by atoms with Crippen molar-refractivity contribution in [2.45, 2.75) is 40.0 Å². The van der Waals surface area contributed by atoms with Gasteiger partial charge in [-0.05, 0) is 18.6 Å². The molecule has 0 radical (unpaired) electrons. The molecule has 3 heteroatoms. The van der Waals surface area contributed by atoms with E-state index in [0.717, 1.165) is 25.9 Å². The largest absolute Gasteiger partial charge is 0.343 e. The van der Waals surface area contributed by atoms with Gasteiger partial charge in [-0.15, -0.1) is 0 Å². The summed E-state index contributed by atoms with van der Waals surface area (Å²) in [5, 5.41) is 0. The van der Waals surface area contributed by atoms with Crippen molar-refractivity contribution < 1.29 is 4.79 Å². The fourth-order valence-electron chi connectivity index (χ4n) is 1.52. The zero-order valence-electron chi connectivity index (χ0n) is 9.62. The van der Waals surface area contributed by atoms with E-state index in [-0.39, 0.29) is 5.91 Å². The second kappa shape index (κ2) is 8.16. The average molecular weight is 217 g/mol. The predicted molar refractivity (Wildman–Crippen MR) is 64.8 cm³/mol. The number of hydrogen-bond acceptors (Lipinski definition) is 2. The monoisotopic (exact) mass is 217 g/mol. The molecule has 0 aromatic rings. The van der Waals surface area contributed by atoms with Crippen LogP contribution in [0.25, 0.3) is 0 Å². The van der Waals surface area contributed by atoms with Crippen molar-refractivity contribution in [3.05, 3.63) is 0 Å². The van der Waals surface area contributed by atoms with Crippen molar-refractivity contribution in [2.75, 3.05) is 18.8 Å². The number of carbonyl (C=O) groups excluding carboxylic acids is 1. The first-order chi connectivity index (χ1) is 6.69. The summed E-state index contributed by atoms with van der Waals surface area (Å²) in [7, 11) is 0. The number of nitrogens with zero attached hydrogens (tertiary/aromatic N) is 1. The van der Waals surface area contributed by atoms with Crippen molar-refractivity contribution in [1.82, 2.24) is 4.90 Å². The Morgan fingerprint density at radius 3 is 2.21 bits per heavy atom. The molecule has 0 aliphatic heterocycles. The summed E-state index contributed by atoms with van der Waals surface area (Å²) in [4.78, 5) is 13.6. The molecule has 0 aliphatic rings. The molecule has 0 N–H and O–H groups in total. The lowest BCUT2D eigenvalue weighted by Gasteiger charge is -2.25. The van der Waals surface area contributed by atoms with Crippen LogP contribution >= 0.6 is 12.6 Å². The number of amides is 1. The van der Waals surface area contributed by atoms with E-state index < -0.39 is 0 Å². The Kier molecular flexibility index (Phi) is 8.05. The van der Waals surface area contributed by atoms with Crippen LogP contribution in [0.15, 0.2) is 0 Å². The van der Waals surface area contributed by atoms with Crippen LogP contribution in [0.1, 0.15) is 40.0 Å². The highest BCUT2D eigenvalue weighted by atomic mass is 32.1. The second-order valence-corrected chi connectivity index (χ2v) is 4.04. The lowest BCUT2D eigenvalue weighted by Crippen LogP contribution is -2.35. The standard InChI is InChI=1S/C11H23NOS/c1-4-10(5-2)9-12(6-3)11(13)7-8-14/h10,14H,4-9H2,1-3H3. The Morgan fingerprint density at radius 2 is 1.86 bits per heavy atom. The van der Waals surface area contributed by atoms with Crippen LogP contribution in [0.4, 0.5) is 0 Å². The fourth-order valence-corrected chi connectivity index (χ4v) is 1.71. The molecule has 0 rings (SSSR count). The van der Waals surface area contributed by atoms with Crippen molar-refractivity contribution in [3.63, 3.8) is 0 Å². The molecule has 0 fully saturated rings. The van der Waals surface area contributed by atoms with Gasteiger partial charge in [0, 0.05) is 19.5 Å². The molecule has 2 nitrogen and oxygen atoms in total. The average Bonchev–Trinajstić information content (AvgIpc) is 2.20. The lowest BCUT2D eigenvalue weighted by molar-refractivity contribution is -0.131. The molecule has 14 heavy (non-hydrogen) atoms. The number of rotatable bonds is 7. The third kappa shape index (κ3) is 4.89. The van der Waals surface area contributed by atoms with Gasteiger partial charge < -0.3 is 4.90 Å². The number of hydrogen-bond donors (Lipinski definition) is 1. The van der Waals surface area contributed by atoms with E-state index in [1.807, 2.05) is 11.8 Å². The maximum atomic E-state index is 11.6. The fraction of sp³-hybridized carbons (Fsp3) is 0.909. The second-order valence-electron chi connectivity index (χ2n) is 3.59. The van der Waals surface area contributed by atoms with Gasteiger partial charge in [-0.1, -0.05) is 26.7 Å². The molecule has 0 atom stereocenters. The van der Waals surface area contributed by atoms with Crippen LogP contribution in [0.2, 0.25) is 0 Å². The van der Waals surface area contributed by atoms with Crippen LogP contribution in [-0.2, 0) is 4.79 Å². The first-order valence-electron chi connectivity index (χ1n) is 5.58. The molecule has 0 bridgehead atoms. The maximum absolute atomic E-state index is 11.6. The molecule has 1 amide bonds. The van der Waals surface area contributed by atoms with Crippen LogP contribution in [0, 0.1) is 5.92 Å². The van der Waals surface area contributed by atoms with Crippen molar-refractivity contribution in [1.29, 1.82) is 0 Å². The van der Waals surface area contributed by atoms with Gasteiger partial charge in [-0.25, -0.2) is 0 Å². The van der Waals surface area contributed by atoms with E-state index in [1.54, 1.807) is 0 Å². The normalized spacial score (nSPS) is 10.6. The summed E-state index contributed by atoms with van der Waals surface area (Å²) < 4.78 is 0. The van der Waals surface area contributed by atoms with E-state index in [2.05, 4.69) is 26.5 Å². The van der Waals surface area contributed by atoms with Gasteiger partial charge in [0.15, 0.2) is 0 Å². The molecule has 0 aromatic carbocycles. The molecule has 0 aromatic heterocycles. The molecule has 0 spiro atoms. The summed E-state index contributed by atoms with van der Waals surface area (Å²) in [5.41, 5.74) is 0. The molecule has 0 saturated heterocycles. The Labute approximate surface area is 93.5 Å². The Morgan fingerprint density at radius 1 is 1.29 bits per heavy atom. The van der Waals surface area contributed by atoms with Gasteiger partial charge in [-0.3, -0.25) is 4.79 Å². The minimum absolute atomic E-state index is 0.245. The summed E-state index contributed by atoms with van der Waals surface area (Å²) in [6.07, 6.45) is 2.87. The molecule has 0 unspecified atom stereocenters. The summed E-state index contributed by atoms with van der Waals surface area (Å²) >= 11 is 4.08. The van der Waals surface area contributed by atoms with E-state index in [9.17, 15) is 4.79 Å². The zero-order valence-corrected chi connectivity index (χ0v) is 10.5. The minimum atomic E-state index is 0.245. The minimum Gasteiger partial charge on any atom is -0.343 e. The van der Waals surface area contributed by atoms with Gasteiger partial charge in [0.25, 0.3) is 0 Å². The first-order valence-corrected chi connectivity index (χ1v) is 6.21. The van der Waals surface area contributed by atoms with E-state index >= 15 is 0 Å². The quantitative estimate of drug-likeness (QED) is 0.650. The lowest BCUT2D eigenvalue weighted by atomic mass is 10.0. The van der Waals surface area contributed by atoms with Crippen molar-refractivity contribution >= 4 is 18.5 Å². The highest BCUT2D eigenvalue weighted by molar-refractivity contribution is 7.80. The summed E-state index contributed by atoms with van der Waals surface area (Å²) in [6.45, 7) is 8.15.